The Hall–Kier alpha value is -3.23. The molecule has 0 bridgehead atoms. The summed E-state index contributed by atoms with van der Waals surface area (Å²) >= 11 is 6.10. The Morgan fingerprint density at radius 3 is 2.25 bits per heavy atom. The van der Waals surface area contributed by atoms with Gasteiger partial charge in [0.25, 0.3) is 10.0 Å². The lowest BCUT2D eigenvalue weighted by Crippen LogP contribution is -2.27. The number of carbonyl (C=O) groups is 2. The number of rotatable bonds is 7. The first kappa shape index (κ1) is 23.4. The summed E-state index contributed by atoms with van der Waals surface area (Å²) in [6.45, 7) is 1.36. The van der Waals surface area contributed by atoms with Crippen molar-refractivity contribution in [3.8, 4) is 0 Å². The van der Waals surface area contributed by atoms with Gasteiger partial charge < -0.3 is 4.74 Å². The lowest BCUT2D eigenvalue weighted by molar-refractivity contribution is 0.0318. The van der Waals surface area contributed by atoms with Gasteiger partial charge in [-0.3, -0.25) is 9.10 Å². The molecule has 0 radical (unpaired) electrons. The molecule has 0 aliphatic heterocycles. The molecule has 0 fully saturated rings. The Kier molecular flexibility index (Phi) is 6.96. The zero-order valence-corrected chi connectivity index (χ0v) is 18.7. The summed E-state index contributed by atoms with van der Waals surface area (Å²) in [5, 5.41) is -0.0299. The molecular formula is C23H19ClFNO5S. The molecule has 3 aromatic rings. The molecule has 0 aliphatic rings. The van der Waals surface area contributed by atoms with Gasteiger partial charge in [-0.05, 0) is 61.5 Å². The Morgan fingerprint density at radius 2 is 1.62 bits per heavy atom. The van der Waals surface area contributed by atoms with Crippen LogP contribution in [0.4, 0.5) is 10.1 Å². The number of esters is 1. The van der Waals surface area contributed by atoms with Crippen LogP contribution in [0.5, 0.6) is 0 Å². The topological polar surface area (TPSA) is 80.8 Å². The molecule has 1 unspecified atom stereocenters. The molecule has 0 amide bonds. The third-order valence-corrected chi connectivity index (χ3v) is 6.83. The monoisotopic (exact) mass is 475 g/mol. The largest absolute Gasteiger partial charge is 0.451 e. The number of halogens is 2. The number of carbonyl (C=O) groups excluding carboxylic acids is 2. The van der Waals surface area contributed by atoms with E-state index in [1.807, 2.05) is 0 Å². The van der Waals surface area contributed by atoms with Gasteiger partial charge in [-0.15, -0.1) is 0 Å². The highest BCUT2D eigenvalue weighted by molar-refractivity contribution is 7.92. The fourth-order valence-electron chi connectivity index (χ4n) is 2.88. The molecular weight excluding hydrogens is 457 g/mol. The van der Waals surface area contributed by atoms with Crippen molar-refractivity contribution in [3.63, 3.8) is 0 Å². The highest BCUT2D eigenvalue weighted by Gasteiger charge is 2.26. The normalized spacial score (nSPS) is 12.1. The summed E-state index contributed by atoms with van der Waals surface area (Å²) in [6.07, 6.45) is -1.20. The highest BCUT2D eigenvalue weighted by Crippen LogP contribution is 2.26. The average molecular weight is 476 g/mol. The minimum Gasteiger partial charge on any atom is -0.451 e. The molecule has 0 spiro atoms. The molecule has 32 heavy (non-hydrogen) atoms. The Morgan fingerprint density at radius 1 is 1.00 bits per heavy atom. The van der Waals surface area contributed by atoms with Gasteiger partial charge in [0.05, 0.1) is 21.2 Å². The van der Waals surface area contributed by atoms with E-state index in [2.05, 4.69) is 0 Å². The van der Waals surface area contributed by atoms with Crippen LogP contribution in [0.15, 0.2) is 77.7 Å². The number of nitrogens with zero attached hydrogens (tertiary/aromatic N) is 1. The molecule has 6 nitrogen and oxygen atoms in total. The first-order valence-corrected chi connectivity index (χ1v) is 11.3. The van der Waals surface area contributed by atoms with E-state index < -0.39 is 33.7 Å². The first-order chi connectivity index (χ1) is 15.1. The van der Waals surface area contributed by atoms with Gasteiger partial charge in [0.2, 0.25) is 5.78 Å². The van der Waals surface area contributed by atoms with Crippen LogP contribution in [0.2, 0.25) is 5.02 Å². The van der Waals surface area contributed by atoms with Crippen LogP contribution < -0.4 is 4.31 Å². The van der Waals surface area contributed by atoms with Crippen molar-refractivity contribution >= 4 is 39.1 Å². The number of sulfonamides is 1. The molecule has 9 heteroatoms. The maximum absolute atomic E-state index is 13.1. The number of hydrogen-bond acceptors (Lipinski definition) is 5. The molecule has 0 saturated heterocycles. The Labute approximate surface area is 190 Å². The molecule has 166 valence electrons. The maximum atomic E-state index is 13.1. The molecule has 3 rings (SSSR count). The summed E-state index contributed by atoms with van der Waals surface area (Å²) in [5.74, 6) is -2.00. The first-order valence-electron chi connectivity index (χ1n) is 9.45. The molecule has 0 saturated carbocycles. The van der Waals surface area contributed by atoms with Crippen LogP contribution >= 0.6 is 11.6 Å². The summed E-state index contributed by atoms with van der Waals surface area (Å²) in [7, 11) is -2.60. The molecule has 0 N–H and O–H groups in total. The summed E-state index contributed by atoms with van der Waals surface area (Å²) in [6, 6.07) is 16.9. The second-order valence-corrected chi connectivity index (χ2v) is 9.24. The lowest BCUT2D eigenvalue weighted by atomic mass is 10.1. The maximum Gasteiger partial charge on any atom is 0.340 e. The molecule has 3 aromatic carbocycles. The molecule has 0 aromatic heterocycles. The van der Waals surface area contributed by atoms with E-state index in [9.17, 15) is 22.4 Å². The van der Waals surface area contributed by atoms with Crippen LogP contribution in [0.25, 0.3) is 0 Å². The quantitative estimate of drug-likeness (QED) is 0.364. The third kappa shape index (κ3) is 4.98. The van der Waals surface area contributed by atoms with E-state index in [0.717, 1.165) is 22.5 Å². The number of ether oxygens (including phenoxy) is 1. The van der Waals surface area contributed by atoms with Crippen molar-refractivity contribution in [2.24, 2.45) is 0 Å². The van der Waals surface area contributed by atoms with Crippen molar-refractivity contribution < 1.29 is 27.1 Å². The predicted octanol–water partition coefficient (Wildman–Crippen LogP) is 4.73. The van der Waals surface area contributed by atoms with E-state index >= 15 is 0 Å². The average Bonchev–Trinajstić information content (AvgIpc) is 2.79. The number of hydrogen-bond donors (Lipinski definition) is 0. The van der Waals surface area contributed by atoms with E-state index in [4.69, 9.17) is 16.3 Å². The second-order valence-electron chi connectivity index (χ2n) is 6.87. The van der Waals surface area contributed by atoms with Crippen LogP contribution in [0, 0.1) is 5.82 Å². The number of ketones is 1. The second kappa shape index (κ2) is 9.50. The van der Waals surface area contributed by atoms with Gasteiger partial charge in [-0.2, -0.15) is 0 Å². The lowest BCUT2D eigenvalue weighted by Gasteiger charge is -2.20. The van der Waals surface area contributed by atoms with E-state index in [1.54, 1.807) is 30.3 Å². The van der Waals surface area contributed by atoms with Gasteiger partial charge in [0.15, 0.2) is 6.10 Å². The van der Waals surface area contributed by atoms with Crippen LogP contribution in [0.1, 0.15) is 27.6 Å². The Bertz CT molecular complexity index is 1250. The highest BCUT2D eigenvalue weighted by atomic mass is 35.5. The van der Waals surface area contributed by atoms with E-state index in [0.29, 0.717) is 5.69 Å². The van der Waals surface area contributed by atoms with Crippen LogP contribution in [-0.2, 0) is 14.8 Å². The van der Waals surface area contributed by atoms with Gasteiger partial charge in [-0.25, -0.2) is 17.6 Å². The van der Waals surface area contributed by atoms with Crippen molar-refractivity contribution in [3.05, 3.63) is 94.8 Å². The van der Waals surface area contributed by atoms with E-state index in [-0.39, 0.29) is 21.0 Å². The molecule has 1 atom stereocenters. The number of benzene rings is 3. The molecule has 0 heterocycles. The van der Waals surface area contributed by atoms with Crippen molar-refractivity contribution in [2.45, 2.75) is 17.9 Å². The Balaban J connectivity index is 1.84. The SMILES string of the molecule is CC(OC(=O)c1cc(S(=O)(=O)N(C)c2ccccc2)ccc1Cl)C(=O)c1ccc(F)cc1. The summed E-state index contributed by atoms with van der Waals surface area (Å²) < 4.78 is 45.4. The minimum atomic E-state index is -3.99. The van der Waals surface area contributed by atoms with Crippen molar-refractivity contribution in [2.75, 3.05) is 11.4 Å². The van der Waals surface area contributed by atoms with Crippen molar-refractivity contribution in [1.29, 1.82) is 0 Å². The number of anilines is 1. The minimum absolute atomic E-state index is 0.0299. The fraction of sp³-hybridized carbons (Fsp3) is 0.130. The molecule has 0 aliphatic carbocycles. The zero-order chi connectivity index (χ0) is 23.5. The van der Waals surface area contributed by atoms with Crippen LogP contribution in [0.3, 0.4) is 0 Å². The zero-order valence-electron chi connectivity index (χ0n) is 17.2. The van der Waals surface area contributed by atoms with Gasteiger partial charge in [-0.1, -0.05) is 29.8 Å². The van der Waals surface area contributed by atoms with Crippen molar-refractivity contribution in [1.82, 2.24) is 0 Å². The number of Topliss-reactive ketones (excluding diaryl/α,β-unsaturated/α-hetero) is 1. The number of para-hydroxylation sites is 1. The van der Waals surface area contributed by atoms with Crippen LogP contribution in [-0.4, -0.2) is 33.3 Å². The fourth-order valence-corrected chi connectivity index (χ4v) is 4.30. The standard InChI is InChI=1S/C23H19ClFNO5S/c1-15(22(27)16-8-10-17(25)11-9-16)31-23(28)20-14-19(12-13-21(20)24)32(29,30)26(2)18-6-4-3-5-7-18/h3-15H,1-2H3. The smallest absolute Gasteiger partial charge is 0.340 e. The summed E-state index contributed by atoms with van der Waals surface area (Å²) in [4.78, 5) is 24.9. The predicted molar refractivity (Wildman–Crippen MR) is 119 cm³/mol. The van der Waals surface area contributed by atoms with Gasteiger partial charge in [0.1, 0.15) is 5.82 Å². The summed E-state index contributed by atoms with van der Waals surface area (Å²) in [5.41, 5.74) is 0.400. The van der Waals surface area contributed by atoms with E-state index in [1.165, 1.54) is 38.2 Å². The van der Waals surface area contributed by atoms with Gasteiger partial charge in [0, 0.05) is 12.6 Å². The third-order valence-electron chi connectivity index (χ3n) is 4.72. The van der Waals surface area contributed by atoms with Gasteiger partial charge >= 0.3 is 5.97 Å².